The van der Waals surface area contributed by atoms with Crippen LogP contribution in [0.2, 0.25) is 0 Å². The van der Waals surface area contributed by atoms with E-state index in [1.54, 1.807) is 12.1 Å². The van der Waals surface area contributed by atoms with Crippen LogP contribution in [-0.4, -0.2) is 70.6 Å². The van der Waals surface area contributed by atoms with Gasteiger partial charge in [0.05, 0.1) is 17.1 Å². The van der Waals surface area contributed by atoms with Crippen LogP contribution < -0.4 is 5.32 Å². The van der Waals surface area contributed by atoms with Gasteiger partial charge in [0.1, 0.15) is 0 Å². The maximum atomic E-state index is 13.3. The maximum Gasteiger partial charge on any atom is 0.269 e. The first-order valence-corrected chi connectivity index (χ1v) is 13.0. The lowest BCUT2D eigenvalue weighted by Crippen LogP contribution is -2.59. The van der Waals surface area contributed by atoms with E-state index >= 15 is 0 Å². The number of nitro benzene ring substituents is 1. The molecule has 8 nitrogen and oxygen atoms in total. The van der Waals surface area contributed by atoms with Gasteiger partial charge < -0.3 is 15.3 Å². The number of nitrogens with zero attached hydrogens (tertiary/aromatic N) is 3. The highest BCUT2D eigenvalue weighted by Gasteiger charge is 2.33. The van der Waals surface area contributed by atoms with Crippen molar-refractivity contribution in [2.24, 2.45) is 0 Å². The molecule has 3 aromatic rings. The monoisotopic (exact) mass is 504 g/mol. The largest absolute Gasteiger partial charge is 0.394 e. The zero-order chi connectivity index (χ0) is 26.3. The Bertz CT molecular complexity index is 1200. The molecule has 196 valence electrons. The summed E-state index contributed by atoms with van der Waals surface area (Å²) >= 11 is 0. The van der Waals surface area contributed by atoms with Gasteiger partial charge in [-0.05, 0) is 28.8 Å². The third-order valence-electron chi connectivity index (χ3n) is 7.33. The number of fused-ring (bicyclic) bond motifs is 1. The van der Waals surface area contributed by atoms with E-state index in [1.165, 1.54) is 12.1 Å². The van der Waals surface area contributed by atoms with Crippen LogP contribution in [0.15, 0.2) is 66.7 Å². The summed E-state index contributed by atoms with van der Waals surface area (Å²) in [7, 11) is 0. The number of piperazine rings is 1. The van der Waals surface area contributed by atoms with E-state index in [0.29, 0.717) is 26.2 Å². The van der Waals surface area contributed by atoms with Crippen molar-refractivity contribution in [1.82, 2.24) is 15.1 Å². The van der Waals surface area contributed by atoms with Crippen LogP contribution in [0.3, 0.4) is 0 Å². The van der Waals surface area contributed by atoms with Crippen LogP contribution in [0.5, 0.6) is 0 Å². The van der Waals surface area contributed by atoms with Crippen molar-refractivity contribution >= 4 is 22.4 Å². The lowest BCUT2D eigenvalue weighted by Gasteiger charge is -2.42. The van der Waals surface area contributed by atoms with E-state index in [-0.39, 0.29) is 18.2 Å². The molecule has 1 fully saturated rings. The minimum Gasteiger partial charge on any atom is -0.394 e. The molecule has 1 amide bonds. The highest BCUT2D eigenvalue weighted by atomic mass is 16.6. The van der Waals surface area contributed by atoms with Crippen molar-refractivity contribution in [1.29, 1.82) is 0 Å². The Hall–Kier alpha value is -3.33. The zero-order valence-electron chi connectivity index (χ0n) is 21.4. The quantitative estimate of drug-likeness (QED) is 0.300. The van der Waals surface area contributed by atoms with Crippen LogP contribution in [-0.2, 0) is 6.54 Å². The van der Waals surface area contributed by atoms with Gasteiger partial charge in [-0.1, -0.05) is 68.3 Å². The highest BCUT2D eigenvalue weighted by molar-refractivity contribution is 6.07. The number of hydrogen-bond donors (Lipinski definition) is 2. The summed E-state index contributed by atoms with van der Waals surface area (Å²) in [6, 6.07) is 20.4. The zero-order valence-corrected chi connectivity index (χ0v) is 21.4. The minimum absolute atomic E-state index is 0.00483. The van der Waals surface area contributed by atoms with Crippen LogP contribution in [0.25, 0.3) is 10.8 Å². The van der Waals surface area contributed by atoms with Crippen molar-refractivity contribution in [3.05, 3.63) is 88.0 Å². The van der Waals surface area contributed by atoms with Crippen molar-refractivity contribution < 1.29 is 14.8 Å². The van der Waals surface area contributed by atoms with E-state index in [0.717, 1.165) is 54.3 Å². The molecule has 0 spiro atoms. The van der Waals surface area contributed by atoms with E-state index in [1.807, 2.05) is 47.4 Å². The second kappa shape index (κ2) is 12.3. The molecule has 1 saturated heterocycles. The van der Waals surface area contributed by atoms with Crippen molar-refractivity contribution in [2.75, 3.05) is 39.3 Å². The number of non-ortho nitro benzene ring substituents is 1. The Morgan fingerprint density at radius 3 is 2.41 bits per heavy atom. The Morgan fingerprint density at radius 1 is 1.03 bits per heavy atom. The van der Waals surface area contributed by atoms with Gasteiger partial charge in [0, 0.05) is 57.0 Å². The van der Waals surface area contributed by atoms with Crippen molar-refractivity contribution in [3.8, 4) is 0 Å². The fraction of sp³-hybridized carbons (Fsp3) is 0.414. The molecular formula is C29H36N4O4. The Kier molecular flexibility index (Phi) is 8.87. The first-order valence-electron chi connectivity index (χ1n) is 13.0. The molecule has 1 aliphatic rings. The number of carbonyl (C=O) groups is 1. The molecule has 1 atom stereocenters. The first-order chi connectivity index (χ1) is 17.9. The molecular weight excluding hydrogens is 468 g/mol. The number of hydrogen-bond acceptors (Lipinski definition) is 6. The molecule has 4 rings (SSSR count). The Labute approximate surface area is 218 Å². The van der Waals surface area contributed by atoms with Crippen LogP contribution in [0.4, 0.5) is 5.69 Å². The molecule has 0 bridgehead atoms. The van der Waals surface area contributed by atoms with Crippen molar-refractivity contribution in [2.45, 2.75) is 38.3 Å². The van der Waals surface area contributed by atoms with E-state index in [9.17, 15) is 20.0 Å². The second-order valence-electron chi connectivity index (χ2n) is 9.91. The summed E-state index contributed by atoms with van der Waals surface area (Å²) in [4.78, 5) is 28.1. The lowest BCUT2D eigenvalue weighted by molar-refractivity contribution is -0.384. The molecule has 1 unspecified atom stereocenters. The lowest BCUT2D eigenvalue weighted by atomic mass is 9.91. The maximum absolute atomic E-state index is 13.3. The van der Waals surface area contributed by atoms with Crippen molar-refractivity contribution in [3.63, 3.8) is 0 Å². The average molecular weight is 505 g/mol. The Balaban J connectivity index is 1.39. The molecule has 0 radical (unpaired) electrons. The van der Waals surface area contributed by atoms with Gasteiger partial charge in [0.2, 0.25) is 0 Å². The fourth-order valence-electron chi connectivity index (χ4n) is 5.07. The topological polar surface area (TPSA) is 99.0 Å². The first kappa shape index (κ1) is 26.7. The summed E-state index contributed by atoms with van der Waals surface area (Å²) in [5.41, 5.74) is 1.26. The molecule has 0 aromatic heterocycles. The molecule has 3 aromatic carbocycles. The normalized spacial score (nSPS) is 16.0. The van der Waals surface area contributed by atoms with Crippen LogP contribution in [0.1, 0.15) is 42.1 Å². The predicted molar refractivity (Wildman–Crippen MR) is 146 cm³/mol. The molecule has 2 N–H and O–H groups in total. The van der Waals surface area contributed by atoms with Crippen LogP contribution >= 0.6 is 0 Å². The molecule has 0 saturated carbocycles. The average Bonchev–Trinajstić information content (AvgIpc) is 2.94. The number of carbonyl (C=O) groups excluding carboxylic acids is 1. The number of aliphatic hydroxyl groups is 1. The standard InChI is InChI=1S/C29H36N4O4/c1-2-3-15-29(22-34,30-20-23-11-13-25(14-12-23)33(36)37)21-31-16-18-32(19-17-31)28(35)27-10-6-8-24-7-4-5-9-26(24)27/h4-14,30,34H,2-3,15-22H2,1H3. The number of nitro groups is 1. The third kappa shape index (κ3) is 6.52. The van der Waals surface area contributed by atoms with E-state index in [4.69, 9.17) is 0 Å². The summed E-state index contributed by atoms with van der Waals surface area (Å²) in [5.74, 6) is 0.0622. The third-order valence-corrected chi connectivity index (χ3v) is 7.33. The Morgan fingerprint density at radius 2 is 1.73 bits per heavy atom. The van der Waals surface area contributed by atoms with E-state index < -0.39 is 10.5 Å². The number of nitrogens with one attached hydrogen (secondary N) is 1. The van der Waals surface area contributed by atoms with Gasteiger partial charge in [0.25, 0.3) is 11.6 Å². The van der Waals surface area contributed by atoms with Gasteiger partial charge in [-0.25, -0.2) is 0 Å². The number of aliphatic hydroxyl groups excluding tert-OH is 1. The summed E-state index contributed by atoms with van der Waals surface area (Å²) < 4.78 is 0. The number of rotatable bonds is 11. The van der Waals surface area contributed by atoms with Gasteiger partial charge in [-0.3, -0.25) is 19.8 Å². The number of unbranched alkanes of at least 4 members (excludes halogenated alkanes) is 1. The number of benzene rings is 3. The minimum atomic E-state index is -0.487. The molecule has 0 aliphatic carbocycles. The molecule has 8 heteroatoms. The predicted octanol–water partition coefficient (Wildman–Crippen LogP) is 4.22. The summed E-state index contributed by atoms with van der Waals surface area (Å²) in [6.45, 7) is 6.08. The smallest absolute Gasteiger partial charge is 0.269 e. The fourth-order valence-corrected chi connectivity index (χ4v) is 5.07. The van der Waals surface area contributed by atoms with E-state index in [2.05, 4.69) is 17.1 Å². The molecule has 1 heterocycles. The van der Waals surface area contributed by atoms with Gasteiger partial charge in [-0.15, -0.1) is 0 Å². The SMILES string of the molecule is CCCCC(CO)(CN1CCN(C(=O)c2cccc3ccccc23)CC1)NCc1ccc([N+](=O)[O-])cc1. The van der Waals surface area contributed by atoms with Gasteiger partial charge in [0.15, 0.2) is 0 Å². The molecule has 37 heavy (non-hydrogen) atoms. The second-order valence-corrected chi connectivity index (χ2v) is 9.91. The van der Waals surface area contributed by atoms with Gasteiger partial charge in [-0.2, -0.15) is 0 Å². The highest BCUT2D eigenvalue weighted by Crippen LogP contribution is 2.23. The number of amides is 1. The summed E-state index contributed by atoms with van der Waals surface area (Å²) in [6.07, 6.45) is 2.82. The molecule has 1 aliphatic heterocycles. The van der Waals surface area contributed by atoms with Crippen LogP contribution in [0, 0.1) is 10.1 Å². The summed E-state index contributed by atoms with van der Waals surface area (Å²) in [5, 5.41) is 27.0. The van der Waals surface area contributed by atoms with Gasteiger partial charge >= 0.3 is 0 Å².